The van der Waals surface area contributed by atoms with Gasteiger partial charge in [0, 0.05) is 43.0 Å². The predicted octanol–water partition coefficient (Wildman–Crippen LogP) is 11.5. The molecule has 49 heavy (non-hydrogen) atoms. The van der Waals surface area contributed by atoms with Gasteiger partial charge in [-0.15, -0.1) is 0 Å². The standard InChI is InChI=1S/C41H30Cl2N4O2/c1-48-30-13-17-36-34(22-30)40(32-15-7-26(42)20-38(32)46-36)44-28-9-3-24(4-10-28)19-25-5-11-29(12-6-25)45-41-33-16-8-27(43)21-39(33)47-37-18-14-31(49-2)23-35(37)41/h3-18,20-23H,19H2,1-2H3,(H,44,46)(H,45,47). The number of anilines is 4. The lowest BCUT2D eigenvalue weighted by molar-refractivity contribution is 0.415. The van der Waals surface area contributed by atoms with Crippen molar-refractivity contribution in [1.29, 1.82) is 0 Å². The van der Waals surface area contributed by atoms with Crippen molar-refractivity contribution in [2.24, 2.45) is 0 Å². The number of nitrogens with zero attached hydrogens (tertiary/aromatic N) is 2. The molecule has 0 aliphatic rings. The van der Waals surface area contributed by atoms with Crippen molar-refractivity contribution in [3.63, 3.8) is 0 Å². The molecule has 0 radical (unpaired) electrons. The average Bonchev–Trinajstić information content (AvgIpc) is 3.12. The Morgan fingerprint density at radius 3 is 1.31 bits per heavy atom. The predicted molar refractivity (Wildman–Crippen MR) is 204 cm³/mol. The van der Waals surface area contributed by atoms with Crippen LogP contribution in [0.25, 0.3) is 43.6 Å². The molecule has 0 spiro atoms. The number of halogens is 2. The van der Waals surface area contributed by atoms with E-state index in [9.17, 15) is 0 Å². The summed E-state index contributed by atoms with van der Waals surface area (Å²) in [6.45, 7) is 0. The lowest BCUT2D eigenvalue weighted by Crippen LogP contribution is -1.97. The van der Waals surface area contributed by atoms with Gasteiger partial charge in [0.2, 0.25) is 0 Å². The fourth-order valence-electron chi connectivity index (χ4n) is 6.25. The van der Waals surface area contributed by atoms with Crippen LogP contribution in [0.5, 0.6) is 11.5 Å². The first-order valence-electron chi connectivity index (χ1n) is 15.8. The molecule has 0 atom stereocenters. The first kappa shape index (κ1) is 30.8. The van der Waals surface area contributed by atoms with Crippen molar-refractivity contribution < 1.29 is 9.47 Å². The highest BCUT2D eigenvalue weighted by Crippen LogP contribution is 2.38. The van der Waals surface area contributed by atoms with E-state index in [1.807, 2.05) is 72.8 Å². The Morgan fingerprint density at radius 1 is 0.469 bits per heavy atom. The normalized spacial score (nSPS) is 11.3. The molecule has 6 nitrogen and oxygen atoms in total. The van der Waals surface area contributed by atoms with Crippen molar-refractivity contribution in [3.05, 3.63) is 142 Å². The van der Waals surface area contributed by atoms with Gasteiger partial charge in [0.05, 0.1) is 47.7 Å². The number of nitrogens with one attached hydrogen (secondary N) is 2. The van der Waals surface area contributed by atoms with E-state index in [1.54, 1.807) is 14.2 Å². The highest BCUT2D eigenvalue weighted by molar-refractivity contribution is 6.32. The molecule has 2 N–H and O–H groups in total. The molecule has 8 heteroatoms. The van der Waals surface area contributed by atoms with Crippen LogP contribution in [0, 0.1) is 0 Å². The number of fused-ring (bicyclic) bond motifs is 4. The molecule has 8 rings (SSSR count). The van der Waals surface area contributed by atoms with Gasteiger partial charge in [-0.25, -0.2) is 9.97 Å². The molecule has 0 unspecified atom stereocenters. The maximum absolute atomic E-state index is 6.32. The summed E-state index contributed by atoms with van der Waals surface area (Å²) >= 11 is 12.6. The number of pyridine rings is 2. The molecule has 0 saturated heterocycles. The van der Waals surface area contributed by atoms with Gasteiger partial charge in [-0.2, -0.15) is 0 Å². The number of aromatic nitrogens is 2. The lowest BCUT2D eigenvalue weighted by atomic mass is 10.0. The van der Waals surface area contributed by atoms with Crippen LogP contribution in [-0.4, -0.2) is 24.2 Å². The Labute approximate surface area is 293 Å². The van der Waals surface area contributed by atoms with Crippen LogP contribution < -0.4 is 20.1 Å². The van der Waals surface area contributed by atoms with Crippen LogP contribution >= 0.6 is 23.2 Å². The topological polar surface area (TPSA) is 68.3 Å². The van der Waals surface area contributed by atoms with E-state index in [-0.39, 0.29) is 0 Å². The van der Waals surface area contributed by atoms with Gasteiger partial charge in [-0.05, 0) is 115 Å². The zero-order valence-electron chi connectivity index (χ0n) is 26.7. The van der Waals surface area contributed by atoms with Gasteiger partial charge in [-0.1, -0.05) is 47.5 Å². The molecule has 0 fully saturated rings. The lowest BCUT2D eigenvalue weighted by Gasteiger charge is -2.15. The molecule has 2 aromatic heterocycles. The molecule has 0 aliphatic heterocycles. The van der Waals surface area contributed by atoms with E-state index in [2.05, 4.69) is 59.2 Å². The second-order valence-corrected chi connectivity index (χ2v) is 12.8. The maximum atomic E-state index is 6.32. The third kappa shape index (κ3) is 6.13. The average molecular weight is 682 g/mol. The summed E-state index contributed by atoms with van der Waals surface area (Å²) in [5, 5.41) is 12.5. The van der Waals surface area contributed by atoms with Crippen LogP contribution in [0.4, 0.5) is 22.7 Å². The quantitative estimate of drug-likeness (QED) is 0.156. The minimum atomic E-state index is 0.650. The van der Waals surface area contributed by atoms with Crippen LogP contribution in [0.3, 0.4) is 0 Å². The monoisotopic (exact) mass is 680 g/mol. The Balaban J connectivity index is 1.04. The third-order valence-corrected chi connectivity index (χ3v) is 9.21. The molecule has 6 aromatic carbocycles. The number of rotatable bonds is 8. The summed E-state index contributed by atoms with van der Waals surface area (Å²) in [5.74, 6) is 1.55. The second-order valence-electron chi connectivity index (χ2n) is 11.9. The van der Waals surface area contributed by atoms with E-state index in [1.165, 1.54) is 11.1 Å². The number of benzene rings is 6. The van der Waals surface area contributed by atoms with Crippen LogP contribution in [0.2, 0.25) is 10.0 Å². The van der Waals surface area contributed by atoms with E-state index in [0.717, 1.165) is 84.3 Å². The summed E-state index contributed by atoms with van der Waals surface area (Å²) in [5.41, 5.74) is 9.68. The largest absolute Gasteiger partial charge is 0.497 e. The SMILES string of the molecule is COc1ccc2nc3cc(Cl)ccc3c(Nc3ccc(Cc4ccc(Nc5c6ccc(Cl)cc6nc6ccc(OC)cc56)cc4)cc3)c2c1. The van der Waals surface area contributed by atoms with Gasteiger partial charge < -0.3 is 20.1 Å². The molecule has 2 heterocycles. The Morgan fingerprint density at radius 2 is 0.898 bits per heavy atom. The smallest absolute Gasteiger partial charge is 0.119 e. The molecular formula is C41H30Cl2N4O2. The highest BCUT2D eigenvalue weighted by Gasteiger charge is 2.13. The van der Waals surface area contributed by atoms with Gasteiger partial charge in [0.1, 0.15) is 11.5 Å². The summed E-state index contributed by atoms with van der Waals surface area (Å²) in [4.78, 5) is 9.69. The van der Waals surface area contributed by atoms with Crippen LogP contribution in [0.1, 0.15) is 11.1 Å². The van der Waals surface area contributed by atoms with Crippen molar-refractivity contribution >= 4 is 89.6 Å². The third-order valence-electron chi connectivity index (χ3n) is 8.74. The minimum absolute atomic E-state index is 0.650. The Kier molecular flexibility index (Phi) is 8.04. The zero-order valence-corrected chi connectivity index (χ0v) is 28.2. The van der Waals surface area contributed by atoms with Gasteiger partial charge in [0.15, 0.2) is 0 Å². The van der Waals surface area contributed by atoms with E-state index in [0.29, 0.717) is 10.0 Å². The number of hydrogen-bond donors (Lipinski definition) is 2. The fourth-order valence-corrected chi connectivity index (χ4v) is 6.59. The van der Waals surface area contributed by atoms with Crippen LogP contribution in [0.15, 0.2) is 121 Å². The highest BCUT2D eigenvalue weighted by atomic mass is 35.5. The van der Waals surface area contributed by atoms with Crippen molar-refractivity contribution in [1.82, 2.24) is 9.97 Å². The van der Waals surface area contributed by atoms with Crippen molar-refractivity contribution in [2.75, 3.05) is 24.9 Å². The van der Waals surface area contributed by atoms with Gasteiger partial charge in [0.25, 0.3) is 0 Å². The molecule has 0 amide bonds. The van der Waals surface area contributed by atoms with Crippen molar-refractivity contribution in [3.8, 4) is 11.5 Å². The minimum Gasteiger partial charge on any atom is -0.497 e. The summed E-state index contributed by atoms with van der Waals surface area (Å²) in [6.07, 6.45) is 0.800. The maximum Gasteiger partial charge on any atom is 0.119 e. The number of hydrogen-bond acceptors (Lipinski definition) is 6. The first-order chi connectivity index (χ1) is 23.9. The summed E-state index contributed by atoms with van der Waals surface area (Å²) in [7, 11) is 3.34. The Bertz CT molecular complexity index is 2340. The first-order valence-corrected chi connectivity index (χ1v) is 16.6. The second kappa shape index (κ2) is 12.8. The van der Waals surface area contributed by atoms with E-state index < -0.39 is 0 Å². The fraction of sp³-hybridized carbons (Fsp3) is 0.0732. The number of methoxy groups -OCH3 is 2. The zero-order chi connectivity index (χ0) is 33.5. The molecule has 8 aromatic rings. The summed E-state index contributed by atoms with van der Waals surface area (Å²) < 4.78 is 11.0. The Hall–Kier alpha value is -5.56. The van der Waals surface area contributed by atoms with Gasteiger partial charge in [-0.3, -0.25) is 0 Å². The molecule has 240 valence electrons. The molecule has 0 aliphatic carbocycles. The summed E-state index contributed by atoms with van der Waals surface area (Å²) in [6, 6.07) is 40.5. The van der Waals surface area contributed by atoms with E-state index >= 15 is 0 Å². The van der Waals surface area contributed by atoms with Crippen LogP contribution in [-0.2, 0) is 6.42 Å². The number of ether oxygens (including phenoxy) is 2. The van der Waals surface area contributed by atoms with Crippen molar-refractivity contribution in [2.45, 2.75) is 6.42 Å². The molecule has 0 bridgehead atoms. The molecular weight excluding hydrogens is 651 g/mol. The van der Waals surface area contributed by atoms with Gasteiger partial charge >= 0.3 is 0 Å². The van der Waals surface area contributed by atoms with E-state index in [4.69, 9.17) is 42.6 Å². The molecule has 0 saturated carbocycles.